The molecule has 0 bridgehead atoms. The zero-order valence-electron chi connectivity index (χ0n) is 6.51. The Labute approximate surface area is 90.4 Å². The normalized spacial score (nSPS) is 11.1. The Bertz CT molecular complexity index is 353. The van der Waals surface area contributed by atoms with Gasteiger partial charge in [-0.25, -0.2) is 4.98 Å². The van der Waals surface area contributed by atoms with E-state index in [1.54, 1.807) is 22.6 Å². The second-order valence-electron chi connectivity index (χ2n) is 2.18. The summed E-state index contributed by atoms with van der Waals surface area (Å²) in [6, 6.07) is 1.30. The number of hydrogen-bond donors (Lipinski definition) is 0. The highest BCUT2D eigenvalue weighted by Gasteiger charge is 2.33. The van der Waals surface area contributed by atoms with E-state index in [9.17, 15) is 18.0 Å². The highest BCUT2D eigenvalue weighted by Crippen LogP contribution is 2.26. The number of carbonyl (C=O) groups excluding carboxylic acids is 1. The van der Waals surface area contributed by atoms with Gasteiger partial charge >= 0.3 is 6.36 Å². The van der Waals surface area contributed by atoms with Gasteiger partial charge in [0.1, 0.15) is 0 Å². The van der Waals surface area contributed by atoms with Crippen molar-refractivity contribution < 1.29 is 22.7 Å². The summed E-state index contributed by atoms with van der Waals surface area (Å²) in [4.78, 5) is 13.7. The van der Waals surface area contributed by atoms with Crippen LogP contribution in [0.25, 0.3) is 0 Å². The first-order valence-electron chi connectivity index (χ1n) is 3.29. The lowest BCUT2D eigenvalue weighted by Crippen LogP contribution is -2.19. The van der Waals surface area contributed by atoms with E-state index in [0.29, 0.717) is 6.29 Å². The highest BCUT2D eigenvalue weighted by atomic mass is 127. The standard InChI is InChI=1S/C7H3F3INO2/c8-7(9,10)14-6-5(11)4(3-13)1-2-12-6/h1-3H. The summed E-state index contributed by atoms with van der Waals surface area (Å²) in [5.74, 6) is -0.609. The quantitative estimate of drug-likeness (QED) is 0.621. The first-order valence-corrected chi connectivity index (χ1v) is 4.37. The molecule has 0 aliphatic rings. The fourth-order valence-corrected chi connectivity index (χ4v) is 1.27. The molecule has 0 saturated heterocycles. The van der Waals surface area contributed by atoms with E-state index in [1.165, 1.54) is 6.07 Å². The third-order valence-electron chi connectivity index (χ3n) is 1.23. The first-order chi connectivity index (χ1) is 6.44. The Morgan fingerprint density at radius 1 is 1.50 bits per heavy atom. The molecule has 14 heavy (non-hydrogen) atoms. The largest absolute Gasteiger partial charge is 0.574 e. The summed E-state index contributed by atoms with van der Waals surface area (Å²) >= 11 is 1.56. The predicted octanol–water partition coefficient (Wildman–Crippen LogP) is 2.40. The van der Waals surface area contributed by atoms with Crippen LogP contribution < -0.4 is 4.74 Å². The van der Waals surface area contributed by atoms with E-state index in [0.717, 1.165) is 6.20 Å². The van der Waals surface area contributed by atoms with Crippen LogP contribution in [-0.2, 0) is 0 Å². The SMILES string of the molecule is O=Cc1ccnc(OC(F)(F)F)c1I. The number of halogens is 4. The summed E-state index contributed by atoms with van der Waals surface area (Å²) < 4.78 is 39.0. The molecular weight excluding hydrogens is 314 g/mol. The molecule has 0 aromatic carbocycles. The van der Waals surface area contributed by atoms with Crippen molar-refractivity contribution >= 4 is 28.9 Å². The molecule has 1 aromatic heterocycles. The van der Waals surface area contributed by atoms with E-state index < -0.39 is 12.2 Å². The fourth-order valence-electron chi connectivity index (χ4n) is 0.710. The van der Waals surface area contributed by atoms with Crippen LogP contribution in [-0.4, -0.2) is 17.6 Å². The summed E-state index contributed by atoms with van der Waals surface area (Å²) in [5, 5.41) is 0. The number of nitrogens with zero attached hydrogens (tertiary/aromatic N) is 1. The van der Waals surface area contributed by atoms with Gasteiger partial charge < -0.3 is 4.74 Å². The Hall–Kier alpha value is -0.860. The van der Waals surface area contributed by atoms with E-state index in [4.69, 9.17) is 0 Å². The van der Waals surface area contributed by atoms with Crippen LogP contribution in [0.2, 0.25) is 0 Å². The maximum Gasteiger partial charge on any atom is 0.574 e. The van der Waals surface area contributed by atoms with Gasteiger partial charge in [-0.15, -0.1) is 13.2 Å². The average molecular weight is 317 g/mol. The molecule has 0 atom stereocenters. The number of aldehydes is 1. The lowest BCUT2D eigenvalue weighted by atomic mass is 10.3. The van der Waals surface area contributed by atoms with Gasteiger partial charge in [-0.05, 0) is 28.7 Å². The Morgan fingerprint density at radius 3 is 2.64 bits per heavy atom. The van der Waals surface area contributed by atoms with Crippen LogP contribution in [0.4, 0.5) is 13.2 Å². The first kappa shape index (κ1) is 11.2. The van der Waals surface area contributed by atoms with Crippen LogP contribution in [0.15, 0.2) is 12.3 Å². The molecule has 0 aliphatic heterocycles. The monoisotopic (exact) mass is 317 g/mol. The van der Waals surface area contributed by atoms with Crippen molar-refractivity contribution in [3.8, 4) is 5.88 Å². The molecule has 1 heterocycles. The molecule has 1 aromatic rings. The minimum absolute atomic E-state index is 0.0393. The topological polar surface area (TPSA) is 39.2 Å². The highest BCUT2D eigenvalue weighted by molar-refractivity contribution is 14.1. The van der Waals surface area contributed by atoms with Crippen molar-refractivity contribution in [1.82, 2.24) is 4.98 Å². The number of carbonyl (C=O) groups is 1. The summed E-state index contributed by atoms with van der Waals surface area (Å²) in [6.07, 6.45) is -3.28. The van der Waals surface area contributed by atoms with Crippen molar-refractivity contribution in [1.29, 1.82) is 0 Å². The van der Waals surface area contributed by atoms with Crippen LogP contribution in [0.1, 0.15) is 10.4 Å². The summed E-state index contributed by atoms with van der Waals surface area (Å²) in [7, 11) is 0. The van der Waals surface area contributed by atoms with E-state index in [1.807, 2.05) is 0 Å². The zero-order valence-corrected chi connectivity index (χ0v) is 8.67. The molecule has 0 N–H and O–H groups in total. The van der Waals surface area contributed by atoms with Crippen molar-refractivity contribution in [3.63, 3.8) is 0 Å². The van der Waals surface area contributed by atoms with Crippen molar-refractivity contribution in [2.75, 3.05) is 0 Å². The van der Waals surface area contributed by atoms with E-state index >= 15 is 0 Å². The van der Waals surface area contributed by atoms with Crippen LogP contribution >= 0.6 is 22.6 Å². The molecule has 0 unspecified atom stereocenters. The molecule has 0 aliphatic carbocycles. The number of ether oxygens (including phenoxy) is 1. The number of hydrogen-bond acceptors (Lipinski definition) is 3. The minimum Gasteiger partial charge on any atom is -0.387 e. The molecule has 7 heteroatoms. The van der Waals surface area contributed by atoms with E-state index in [2.05, 4.69) is 9.72 Å². The van der Waals surface area contributed by atoms with Gasteiger partial charge in [0.05, 0.1) is 3.57 Å². The maximum absolute atomic E-state index is 11.8. The summed E-state index contributed by atoms with van der Waals surface area (Å²) in [6.45, 7) is 0. The van der Waals surface area contributed by atoms with Crippen molar-refractivity contribution in [2.45, 2.75) is 6.36 Å². The van der Waals surface area contributed by atoms with Crippen molar-refractivity contribution in [2.24, 2.45) is 0 Å². The second-order valence-corrected chi connectivity index (χ2v) is 3.26. The minimum atomic E-state index is -4.80. The van der Waals surface area contributed by atoms with Gasteiger partial charge in [-0.1, -0.05) is 0 Å². The number of alkyl halides is 3. The van der Waals surface area contributed by atoms with Crippen LogP contribution in [0.5, 0.6) is 5.88 Å². The maximum atomic E-state index is 11.8. The van der Waals surface area contributed by atoms with Gasteiger partial charge in [-0.3, -0.25) is 4.79 Å². The smallest absolute Gasteiger partial charge is 0.387 e. The lowest BCUT2D eigenvalue weighted by Gasteiger charge is -2.09. The average Bonchev–Trinajstić information content (AvgIpc) is 2.06. The van der Waals surface area contributed by atoms with Crippen LogP contribution in [0, 0.1) is 3.57 Å². The van der Waals surface area contributed by atoms with Gasteiger partial charge in [-0.2, -0.15) is 0 Å². The Kier molecular flexibility index (Phi) is 3.29. The molecule has 0 spiro atoms. The third-order valence-corrected chi connectivity index (χ3v) is 2.31. The molecule has 0 saturated carbocycles. The molecular formula is C7H3F3INO2. The molecule has 1 rings (SSSR count). The number of pyridine rings is 1. The van der Waals surface area contributed by atoms with Gasteiger partial charge in [0, 0.05) is 11.8 Å². The van der Waals surface area contributed by atoms with Gasteiger partial charge in [0.15, 0.2) is 6.29 Å². The Balaban J connectivity index is 3.04. The predicted molar refractivity (Wildman–Crippen MR) is 49.0 cm³/mol. The zero-order chi connectivity index (χ0) is 10.8. The van der Waals surface area contributed by atoms with E-state index in [-0.39, 0.29) is 9.13 Å². The number of rotatable bonds is 2. The van der Waals surface area contributed by atoms with Gasteiger partial charge in [0.25, 0.3) is 0 Å². The fraction of sp³-hybridized carbons (Fsp3) is 0.143. The molecule has 0 radical (unpaired) electrons. The second kappa shape index (κ2) is 4.11. The van der Waals surface area contributed by atoms with Crippen molar-refractivity contribution in [3.05, 3.63) is 21.4 Å². The number of aromatic nitrogens is 1. The molecule has 3 nitrogen and oxygen atoms in total. The Morgan fingerprint density at radius 2 is 2.14 bits per heavy atom. The molecule has 0 amide bonds. The van der Waals surface area contributed by atoms with Gasteiger partial charge in [0.2, 0.25) is 5.88 Å². The molecule has 0 fully saturated rings. The lowest BCUT2D eigenvalue weighted by molar-refractivity contribution is -0.276. The third kappa shape index (κ3) is 2.82. The van der Waals surface area contributed by atoms with Crippen LogP contribution in [0.3, 0.4) is 0 Å². The molecule has 76 valence electrons. The summed E-state index contributed by atoms with van der Waals surface area (Å²) in [5.41, 5.74) is 0.111.